The predicted molar refractivity (Wildman–Crippen MR) is 85.9 cm³/mol. The van der Waals surface area contributed by atoms with Gasteiger partial charge in [-0.2, -0.15) is 5.10 Å². The molecule has 0 aliphatic rings. The van der Waals surface area contributed by atoms with E-state index in [0.717, 1.165) is 12.8 Å². The van der Waals surface area contributed by atoms with Crippen molar-refractivity contribution >= 4 is 5.91 Å². The van der Waals surface area contributed by atoms with E-state index in [1.54, 1.807) is 18.2 Å². The summed E-state index contributed by atoms with van der Waals surface area (Å²) in [6.45, 7) is 4.21. The van der Waals surface area contributed by atoms with Crippen LogP contribution in [0.2, 0.25) is 0 Å². The SMILES string of the molecule is CCC(CC)C(O)CNC(=O)c1cnn(-c2ccccc2F)c1. The third-order valence-corrected chi connectivity index (χ3v) is 4.01. The highest BCUT2D eigenvalue weighted by molar-refractivity contribution is 5.93. The second kappa shape index (κ2) is 7.87. The molecule has 23 heavy (non-hydrogen) atoms. The molecule has 5 nitrogen and oxygen atoms in total. The second-order valence-electron chi connectivity index (χ2n) is 5.48. The molecule has 0 saturated carbocycles. The molecule has 6 heteroatoms. The number of aromatic nitrogens is 2. The van der Waals surface area contributed by atoms with Crippen LogP contribution in [0.1, 0.15) is 37.0 Å². The van der Waals surface area contributed by atoms with E-state index in [0.29, 0.717) is 5.56 Å². The molecule has 2 rings (SSSR count). The number of aliphatic hydroxyl groups excluding tert-OH is 1. The Kier molecular flexibility index (Phi) is 5.87. The van der Waals surface area contributed by atoms with E-state index >= 15 is 0 Å². The highest BCUT2D eigenvalue weighted by Gasteiger charge is 2.17. The Morgan fingerprint density at radius 2 is 2.04 bits per heavy atom. The van der Waals surface area contributed by atoms with Crippen LogP contribution in [0.5, 0.6) is 0 Å². The van der Waals surface area contributed by atoms with Gasteiger partial charge in [-0.15, -0.1) is 0 Å². The standard InChI is InChI=1S/C17H22FN3O2/c1-3-12(4-2)16(22)10-19-17(23)13-9-20-21(11-13)15-8-6-5-7-14(15)18/h5-9,11-12,16,22H,3-4,10H2,1-2H3,(H,19,23). The average molecular weight is 319 g/mol. The Bertz CT molecular complexity index is 653. The lowest BCUT2D eigenvalue weighted by molar-refractivity contribution is 0.0816. The maximum absolute atomic E-state index is 13.7. The van der Waals surface area contributed by atoms with Crippen LogP contribution in [0.3, 0.4) is 0 Å². The van der Waals surface area contributed by atoms with E-state index in [1.165, 1.54) is 23.1 Å². The molecule has 1 unspecified atom stereocenters. The molecule has 0 aliphatic carbocycles. The molecule has 0 bridgehead atoms. The van der Waals surface area contributed by atoms with Crippen LogP contribution in [-0.2, 0) is 0 Å². The van der Waals surface area contributed by atoms with Crippen molar-refractivity contribution in [3.8, 4) is 5.69 Å². The molecule has 1 amide bonds. The fourth-order valence-electron chi connectivity index (χ4n) is 2.51. The summed E-state index contributed by atoms with van der Waals surface area (Å²) < 4.78 is 15.0. The zero-order chi connectivity index (χ0) is 16.8. The lowest BCUT2D eigenvalue weighted by atomic mass is 9.96. The third kappa shape index (κ3) is 4.16. The maximum Gasteiger partial charge on any atom is 0.254 e. The van der Waals surface area contributed by atoms with Crippen molar-refractivity contribution in [1.82, 2.24) is 15.1 Å². The number of hydrogen-bond acceptors (Lipinski definition) is 3. The lowest BCUT2D eigenvalue weighted by Gasteiger charge is -2.20. The molecule has 1 aromatic carbocycles. The smallest absolute Gasteiger partial charge is 0.254 e. The molecule has 0 aliphatic heterocycles. The molecular formula is C17H22FN3O2. The fraction of sp³-hybridized carbons (Fsp3) is 0.412. The van der Waals surface area contributed by atoms with Crippen LogP contribution in [-0.4, -0.2) is 33.4 Å². The minimum absolute atomic E-state index is 0.163. The van der Waals surface area contributed by atoms with Gasteiger partial charge < -0.3 is 10.4 Å². The molecule has 1 atom stereocenters. The Morgan fingerprint density at radius 1 is 1.35 bits per heavy atom. The van der Waals surface area contributed by atoms with Gasteiger partial charge in [0, 0.05) is 12.7 Å². The van der Waals surface area contributed by atoms with Crippen molar-refractivity contribution in [2.45, 2.75) is 32.8 Å². The van der Waals surface area contributed by atoms with E-state index in [9.17, 15) is 14.3 Å². The van der Waals surface area contributed by atoms with E-state index in [1.807, 2.05) is 13.8 Å². The first-order valence-corrected chi connectivity index (χ1v) is 7.82. The molecule has 0 fully saturated rings. The van der Waals surface area contributed by atoms with Gasteiger partial charge in [0.1, 0.15) is 11.5 Å². The van der Waals surface area contributed by atoms with Gasteiger partial charge in [0.2, 0.25) is 0 Å². The molecule has 0 spiro atoms. The maximum atomic E-state index is 13.7. The van der Waals surface area contributed by atoms with Crippen molar-refractivity contribution in [2.75, 3.05) is 6.54 Å². The normalized spacial score (nSPS) is 12.4. The van der Waals surface area contributed by atoms with Crippen LogP contribution in [0, 0.1) is 11.7 Å². The fourth-order valence-corrected chi connectivity index (χ4v) is 2.51. The minimum atomic E-state index is -0.574. The van der Waals surface area contributed by atoms with Gasteiger partial charge in [0.05, 0.1) is 17.9 Å². The average Bonchev–Trinajstić information content (AvgIpc) is 3.04. The number of amides is 1. The van der Waals surface area contributed by atoms with Gasteiger partial charge in [-0.25, -0.2) is 9.07 Å². The Labute approximate surface area is 135 Å². The number of para-hydroxylation sites is 1. The summed E-state index contributed by atoms with van der Waals surface area (Å²) in [4.78, 5) is 12.1. The quantitative estimate of drug-likeness (QED) is 0.824. The number of nitrogens with zero attached hydrogens (tertiary/aromatic N) is 2. The highest BCUT2D eigenvalue weighted by atomic mass is 19.1. The topological polar surface area (TPSA) is 67.2 Å². The summed E-state index contributed by atoms with van der Waals surface area (Å²) >= 11 is 0. The van der Waals surface area contributed by atoms with Crippen molar-refractivity contribution < 1.29 is 14.3 Å². The van der Waals surface area contributed by atoms with Crippen molar-refractivity contribution in [2.24, 2.45) is 5.92 Å². The Morgan fingerprint density at radius 3 is 2.70 bits per heavy atom. The molecule has 0 radical (unpaired) electrons. The zero-order valence-electron chi connectivity index (χ0n) is 13.4. The summed E-state index contributed by atoms with van der Waals surface area (Å²) in [6, 6.07) is 6.21. The van der Waals surface area contributed by atoms with Gasteiger partial charge in [-0.05, 0) is 18.1 Å². The molecule has 1 heterocycles. The largest absolute Gasteiger partial charge is 0.391 e. The first kappa shape index (κ1) is 17.1. The third-order valence-electron chi connectivity index (χ3n) is 4.01. The molecule has 124 valence electrons. The van der Waals surface area contributed by atoms with E-state index in [4.69, 9.17) is 0 Å². The van der Waals surface area contributed by atoms with Crippen LogP contribution >= 0.6 is 0 Å². The number of halogens is 1. The first-order chi connectivity index (χ1) is 11.1. The monoisotopic (exact) mass is 319 g/mol. The number of carbonyl (C=O) groups excluding carboxylic acids is 1. The van der Waals surface area contributed by atoms with Crippen molar-refractivity contribution in [1.29, 1.82) is 0 Å². The predicted octanol–water partition coefficient (Wildman–Crippen LogP) is 2.54. The number of aliphatic hydroxyl groups is 1. The van der Waals surface area contributed by atoms with Gasteiger partial charge in [-0.1, -0.05) is 38.8 Å². The molecular weight excluding hydrogens is 297 g/mol. The number of hydrogen-bond donors (Lipinski definition) is 2. The van der Waals surface area contributed by atoms with Crippen LogP contribution < -0.4 is 5.32 Å². The number of carbonyl (C=O) groups is 1. The first-order valence-electron chi connectivity index (χ1n) is 7.82. The summed E-state index contributed by atoms with van der Waals surface area (Å²) in [5, 5.41) is 16.7. The van der Waals surface area contributed by atoms with E-state index < -0.39 is 11.9 Å². The summed E-state index contributed by atoms with van der Waals surface area (Å²) in [6.07, 6.45) is 4.00. The van der Waals surface area contributed by atoms with E-state index in [-0.39, 0.29) is 24.1 Å². The minimum Gasteiger partial charge on any atom is -0.391 e. The van der Waals surface area contributed by atoms with Crippen LogP contribution in [0.4, 0.5) is 4.39 Å². The van der Waals surface area contributed by atoms with E-state index in [2.05, 4.69) is 10.4 Å². The van der Waals surface area contributed by atoms with Crippen molar-refractivity contribution in [3.05, 3.63) is 48.0 Å². The molecule has 2 N–H and O–H groups in total. The zero-order valence-corrected chi connectivity index (χ0v) is 13.4. The highest BCUT2D eigenvalue weighted by Crippen LogP contribution is 2.14. The van der Waals surface area contributed by atoms with Crippen molar-refractivity contribution in [3.63, 3.8) is 0 Å². The number of benzene rings is 1. The number of nitrogens with one attached hydrogen (secondary N) is 1. The lowest BCUT2D eigenvalue weighted by Crippen LogP contribution is -2.35. The van der Waals surface area contributed by atoms with Gasteiger partial charge in [0.25, 0.3) is 5.91 Å². The van der Waals surface area contributed by atoms with Crippen LogP contribution in [0.25, 0.3) is 5.69 Å². The van der Waals surface area contributed by atoms with Gasteiger partial charge in [-0.3, -0.25) is 4.79 Å². The Balaban J connectivity index is 2.00. The molecule has 2 aromatic rings. The second-order valence-corrected chi connectivity index (χ2v) is 5.48. The summed E-state index contributed by atoms with van der Waals surface area (Å²) in [7, 11) is 0. The Hall–Kier alpha value is -2.21. The number of rotatable bonds is 7. The van der Waals surface area contributed by atoms with Crippen LogP contribution in [0.15, 0.2) is 36.7 Å². The molecule has 0 saturated heterocycles. The summed E-state index contributed by atoms with van der Waals surface area (Å²) in [5.41, 5.74) is 0.605. The molecule has 1 aromatic heterocycles. The van der Waals surface area contributed by atoms with Gasteiger partial charge in [0.15, 0.2) is 0 Å². The summed E-state index contributed by atoms with van der Waals surface area (Å²) in [5.74, 6) is -0.583. The van der Waals surface area contributed by atoms with Gasteiger partial charge >= 0.3 is 0 Å².